The molecular formula is C29H25N5O2S. The summed E-state index contributed by atoms with van der Waals surface area (Å²) < 4.78 is 3.37. The predicted molar refractivity (Wildman–Crippen MR) is 147 cm³/mol. The highest BCUT2D eigenvalue weighted by Gasteiger charge is 2.30. The van der Waals surface area contributed by atoms with Crippen LogP contribution < -0.4 is 10.9 Å². The van der Waals surface area contributed by atoms with Gasteiger partial charge in [-0.3, -0.25) is 14.2 Å². The molecule has 1 N–H and O–H groups in total. The Bertz CT molecular complexity index is 1710. The molecule has 5 aromatic rings. The molecule has 0 aliphatic carbocycles. The van der Waals surface area contributed by atoms with Gasteiger partial charge >= 0.3 is 0 Å². The lowest BCUT2D eigenvalue weighted by molar-refractivity contribution is -0.116. The molecule has 1 aliphatic rings. The van der Waals surface area contributed by atoms with Gasteiger partial charge < -0.3 is 5.32 Å². The fraction of sp³-hybridized carbons (Fsp3) is 0.172. The smallest absolute Gasteiger partial charge is 0.265 e. The molecule has 37 heavy (non-hydrogen) atoms. The summed E-state index contributed by atoms with van der Waals surface area (Å²) in [7, 11) is 0. The summed E-state index contributed by atoms with van der Waals surface area (Å²) in [6.45, 7) is 4.11. The zero-order valence-corrected chi connectivity index (χ0v) is 21.3. The van der Waals surface area contributed by atoms with Crippen molar-refractivity contribution in [1.29, 1.82) is 0 Å². The van der Waals surface area contributed by atoms with Crippen molar-refractivity contribution in [2.24, 2.45) is 0 Å². The van der Waals surface area contributed by atoms with Crippen molar-refractivity contribution in [1.82, 2.24) is 19.3 Å². The normalized spacial score (nSPS) is 14.6. The van der Waals surface area contributed by atoms with Gasteiger partial charge in [-0.1, -0.05) is 66.4 Å². The first kappa shape index (κ1) is 23.2. The third-order valence-electron chi connectivity index (χ3n) is 6.81. The summed E-state index contributed by atoms with van der Waals surface area (Å²) in [5, 5.41) is 8.59. The molecule has 7 nitrogen and oxygen atoms in total. The maximum Gasteiger partial charge on any atom is 0.265 e. The fourth-order valence-electron chi connectivity index (χ4n) is 4.70. The van der Waals surface area contributed by atoms with E-state index >= 15 is 0 Å². The van der Waals surface area contributed by atoms with Gasteiger partial charge in [0.25, 0.3) is 5.56 Å². The number of carbonyl (C=O) groups is 1. The lowest BCUT2D eigenvalue weighted by Gasteiger charge is -2.15. The van der Waals surface area contributed by atoms with Crippen molar-refractivity contribution in [3.05, 3.63) is 100 Å². The fourth-order valence-corrected chi connectivity index (χ4v) is 5.83. The number of nitrogens with zero attached hydrogens (tertiary/aromatic N) is 4. The van der Waals surface area contributed by atoms with Gasteiger partial charge in [0.15, 0.2) is 10.8 Å². The van der Waals surface area contributed by atoms with Crippen LogP contribution in [0.25, 0.3) is 27.8 Å². The van der Waals surface area contributed by atoms with Crippen LogP contribution in [-0.4, -0.2) is 31.0 Å². The van der Waals surface area contributed by atoms with Crippen molar-refractivity contribution in [3.63, 3.8) is 0 Å². The second kappa shape index (κ2) is 9.37. The Morgan fingerprint density at radius 1 is 1.03 bits per heavy atom. The van der Waals surface area contributed by atoms with E-state index in [2.05, 4.69) is 17.3 Å². The van der Waals surface area contributed by atoms with E-state index < -0.39 is 0 Å². The summed E-state index contributed by atoms with van der Waals surface area (Å²) in [6, 6.07) is 23.5. The van der Waals surface area contributed by atoms with Crippen LogP contribution in [0.2, 0.25) is 0 Å². The summed E-state index contributed by atoms with van der Waals surface area (Å²) in [5.41, 5.74) is 6.31. The molecular weight excluding hydrogens is 482 g/mol. The first-order valence-corrected chi connectivity index (χ1v) is 13.1. The number of amides is 1. The number of para-hydroxylation sites is 1. The Kier molecular flexibility index (Phi) is 5.88. The van der Waals surface area contributed by atoms with Crippen molar-refractivity contribution in [3.8, 4) is 16.8 Å². The molecule has 8 heteroatoms. The monoisotopic (exact) mass is 507 g/mol. The average molecular weight is 508 g/mol. The molecule has 1 aliphatic heterocycles. The number of thioether (sulfide) groups is 1. The minimum Gasteiger partial charge on any atom is -0.325 e. The van der Waals surface area contributed by atoms with Crippen LogP contribution in [0.15, 0.2) is 88.9 Å². The molecule has 3 heterocycles. The molecule has 0 bridgehead atoms. The number of hydrogen-bond donors (Lipinski definition) is 1. The quantitative estimate of drug-likeness (QED) is 0.316. The van der Waals surface area contributed by atoms with Crippen molar-refractivity contribution in [2.45, 2.75) is 31.5 Å². The SMILES string of the molecule is Cc1ccc(-n2ncc3c(=O)n4c(nc32)SCC4CC(=O)Nc2ccccc2-c2ccccc2)cc1C. The molecule has 6 rings (SSSR count). The largest absolute Gasteiger partial charge is 0.325 e. The number of carbonyl (C=O) groups excluding carboxylic acids is 1. The second-order valence-corrected chi connectivity index (χ2v) is 10.2. The number of aryl methyl sites for hydroxylation is 2. The van der Waals surface area contributed by atoms with Gasteiger partial charge in [-0.15, -0.1) is 0 Å². The molecule has 0 radical (unpaired) electrons. The van der Waals surface area contributed by atoms with Gasteiger partial charge in [-0.25, -0.2) is 9.67 Å². The zero-order valence-electron chi connectivity index (χ0n) is 20.5. The molecule has 0 saturated carbocycles. The Labute approximate surface area is 218 Å². The van der Waals surface area contributed by atoms with E-state index in [0.717, 1.165) is 28.1 Å². The number of fused-ring (bicyclic) bond motifs is 2. The van der Waals surface area contributed by atoms with Crippen LogP contribution in [0.5, 0.6) is 0 Å². The van der Waals surface area contributed by atoms with E-state index in [1.165, 1.54) is 17.3 Å². The Hall–Kier alpha value is -4.17. The maximum atomic E-state index is 13.5. The minimum atomic E-state index is -0.279. The predicted octanol–water partition coefficient (Wildman–Crippen LogP) is 5.54. The molecule has 3 aromatic carbocycles. The minimum absolute atomic E-state index is 0.139. The molecule has 1 amide bonds. The number of nitrogens with one attached hydrogen (secondary N) is 1. The molecule has 1 atom stereocenters. The molecule has 0 spiro atoms. The highest BCUT2D eigenvalue weighted by Crippen LogP contribution is 2.34. The van der Waals surface area contributed by atoms with Crippen LogP contribution >= 0.6 is 11.8 Å². The van der Waals surface area contributed by atoms with Gasteiger partial charge in [-0.05, 0) is 48.7 Å². The van der Waals surface area contributed by atoms with E-state index in [9.17, 15) is 9.59 Å². The number of benzene rings is 3. The van der Waals surface area contributed by atoms with Gasteiger partial charge in [0.1, 0.15) is 5.39 Å². The molecule has 184 valence electrons. The van der Waals surface area contributed by atoms with Crippen molar-refractivity contribution >= 4 is 34.4 Å². The third kappa shape index (κ3) is 4.23. The van der Waals surface area contributed by atoms with E-state index in [1.807, 2.05) is 79.7 Å². The summed E-state index contributed by atoms with van der Waals surface area (Å²) >= 11 is 1.50. The number of aromatic nitrogens is 4. The van der Waals surface area contributed by atoms with Crippen LogP contribution in [0.1, 0.15) is 23.6 Å². The first-order chi connectivity index (χ1) is 18.0. The summed E-state index contributed by atoms with van der Waals surface area (Å²) in [6.07, 6.45) is 1.75. The second-order valence-electron chi connectivity index (χ2n) is 9.26. The zero-order chi connectivity index (χ0) is 25.5. The highest BCUT2D eigenvalue weighted by atomic mass is 32.2. The van der Waals surface area contributed by atoms with E-state index in [-0.39, 0.29) is 23.9 Å². The molecule has 2 aromatic heterocycles. The number of anilines is 1. The molecule has 1 unspecified atom stereocenters. The molecule has 0 saturated heterocycles. The van der Waals surface area contributed by atoms with Gasteiger partial charge in [0.05, 0.1) is 17.9 Å². The topological polar surface area (TPSA) is 81.8 Å². The Morgan fingerprint density at radius 3 is 2.62 bits per heavy atom. The van der Waals surface area contributed by atoms with E-state index in [1.54, 1.807) is 15.4 Å². The third-order valence-corrected chi connectivity index (χ3v) is 7.91. The average Bonchev–Trinajstić information content (AvgIpc) is 3.51. The van der Waals surface area contributed by atoms with Crippen LogP contribution in [-0.2, 0) is 4.79 Å². The van der Waals surface area contributed by atoms with Gasteiger partial charge in [0, 0.05) is 23.4 Å². The lowest BCUT2D eigenvalue weighted by atomic mass is 10.0. The number of rotatable bonds is 5. The van der Waals surface area contributed by atoms with Crippen LogP contribution in [0.4, 0.5) is 5.69 Å². The van der Waals surface area contributed by atoms with Crippen LogP contribution in [0, 0.1) is 13.8 Å². The van der Waals surface area contributed by atoms with Gasteiger partial charge in [0.2, 0.25) is 5.91 Å². The Balaban J connectivity index is 1.28. The van der Waals surface area contributed by atoms with Crippen molar-refractivity contribution < 1.29 is 4.79 Å². The van der Waals surface area contributed by atoms with E-state index in [4.69, 9.17) is 4.98 Å². The summed E-state index contributed by atoms with van der Waals surface area (Å²) in [5.74, 6) is 0.472. The molecule has 0 fully saturated rings. The first-order valence-electron chi connectivity index (χ1n) is 12.1. The van der Waals surface area contributed by atoms with Gasteiger partial charge in [-0.2, -0.15) is 5.10 Å². The van der Waals surface area contributed by atoms with Crippen LogP contribution in [0.3, 0.4) is 0 Å². The number of hydrogen-bond acceptors (Lipinski definition) is 5. The maximum absolute atomic E-state index is 13.5. The summed E-state index contributed by atoms with van der Waals surface area (Å²) in [4.78, 5) is 31.4. The van der Waals surface area contributed by atoms with E-state index in [0.29, 0.717) is 21.9 Å². The standard InChI is InChI=1S/C29H25N5O2S/c1-18-12-13-21(14-19(18)2)34-27-24(16-30-34)28(36)33-22(17-37-29(33)32-27)15-26(35)31-25-11-7-6-10-23(25)20-8-4-3-5-9-20/h3-14,16,22H,15,17H2,1-2H3,(H,31,35). The lowest BCUT2D eigenvalue weighted by Crippen LogP contribution is -2.27. The highest BCUT2D eigenvalue weighted by molar-refractivity contribution is 7.99. The Morgan fingerprint density at radius 2 is 1.81 bits per heavy atom. The van der Waals surface area contributed by atoms with Crippen molar-refractivity contribution in [2.75, 3.05) is 11.1 Å².